The van der Waals surface area contributed by atoms with Gasteiger partial charge in [-0.1, -0.05) is 12.1 Å². The quantitative estimate of drug-likeness (QED) is 0.250. The van der Waals surface area contributed by atoms with E-state index in [1.54, 1.807) is 0 Å². The number of ether oxygens (including phenoxy) is 2. The first kappa shape index (κ1) is 24.0. The molecular weight excluding hydrogens is 455 g/mol. The Morgan fingerprint density at radius 1 is 1.26 bits per heavy atom. The fraction of sp³-hybridized carbons (Fsp3) is 0.650. The van der Waals surface area contributed by atoms with Gasteiger partial charge in [0.05, 0.1) is 13.2 Å². The molecule has 7 heteroatoms. The van der Waals surface area contributed by atoms with E-state index < -0.39 is 0 Å². The van der Waals surface area contributed by atoms with Crippen LogP contribution in [0.3, 0.4) is 0 Å². The number of halogens is 1. The molecule has 6 nitrogen and oxygen atoms in total. The predicted octanol–water partition coefficient (Wildman–Crippen LogP) is 2.68. The third-order valence-electron chi connectivity index (χ3n) is 4.52. The number of hydrogen-bond acceptors (Lipinski definition) is 4. The van der Waals surface area contributed by atoms with Crippen LogP contribution in [0.4, 0.5) is 0 Å². The van der Waals surface area contributed by atoms with Crippen molar-refractivity contribution in [2.75, 3.05) is 61.1 Å². The standard InChI is InChI=1S/C20H34N4O2.HI/c1-21-20(24(4)15-18-10-13-25-16-18)22-14-17-6-8-19(9-7-17)26-12-5-11-23(2)3;/h6-9,18H,5,10-16H2,1-4H3,(H,21,22);1H. The molecule has 1 aromatic rings. The second kappa shape index (κ2) is 13.2. The van der Waals surface area contributed by atoms with E-state index in [1.807, 2.05) is 19.2 Å². The third kappa shape index (κ3) is 9.12. The van der Waals surface area contributed by atoms with E-state index >= 15 is 0 Å². The Morgan fingerprint density at radius 3 is 2.59 bits per heavy atom. The molecule has 1 atom stereocenters. The minimum atomic E-state index is 0. The molecule has 27 heavy (non-hydrogen) atoms. The summed E-state index contributed by atoms with van der Waals surface area (Å²) in [4.78, 5) is 8.74. The summed E-state index contributed by atoms with van der Waals surface area (Å²) in [6.45, 7) is 5.25. The van der Waals surface area contributed by atoms with Crippen LogP contribution in [0, 0.1) is 5.92 Å². The van der Waals surface area contributed by atoms with Crippen LogP contribution in [0.15, 0.2) is 29.3 Å². The van der Waals surface area contributed by atoms with Gasteiger partial charge >= 0.3 is 0 Å². The summed E-state index contributed by atoms with van der Waals surface area (Å²) in [5, 5.41) is 3.43. The summed E-state index contributed by atoms with van der Waals surface area (Å²) < 4.78 is 11.2. The van der Waals surface area contributed by atoms with Gasteiger partial charge in [0.25, 0.3) is 0 Å². The van der Waals surface area contributed by atoms with Gasteiger partial charge in [-0.2, -0.15) is 0 Å². The topological polar surface area (TPSA) is 49.3 Å². The summed E-state index contributed by atoms with van der Waals surface area (Å²) in [5.41, 5.74) is 1.21. The smallest absolute Gasteiger partial charge is 0.193 e. The Labute approximate surface area is 181 Å². The third-order valence-corrected chi connectivity index (χ3v) is 4.52. The molecule has 2 rings (SSSR count). The van der Waals surface area contributed by atoms with Gasteiger partial charge in [-0.15, -0.1) is 24.0 Å². The molecule has 0 aromatic heterocycles. The number of nitrogens with one attached hydrogen (secondary N) is 1. The van der Waals surface area contributed by atoms with Crippen molar-refractivity contribution in [3.8, 4) is 5.75 Å². The molecular formula is C20H35IN4O2. The van der Waals surface area contributed by atoms with Crippen LogP contribution in [0.5, 0.6) is 5.75 Å². The normalized spacial score (nSPS) is 16.9. The fourth-order valence-electron chi connectivity index (χ4n) is 3.04. The van der Waals surface area contributed by atoms with Crippen molar-refractivity contribution in [3.63, 3.8) is 0 Å². The van der Waals surface area contributed by atoms with E-state index in [9.17, 15) is 0 Å². The molecule has 0 saturated carbocycles. The van der Waals surface area contributed by atoms with E-state index in [-0.39, 0.29) is 24.0 Å². The molecule has 1 aliphatic heterocycles. The van der Waals surface area contributed by atoms with Gasteiger partial charge in [0.1, 0.15) is 5.75 Å². The zero-order valence-electron chi connectivity index (χ0n) is 17.1. The second-order valence-electron chi connectivity index (χ2n) is 7.16. The summed E-state index contributed by atoms with van der Waals surface area (Å²) in [5.74, 6) is 2.44. The van der Waals surface area contributed by atoms with Crippen LogP contribution in [0.2, 0.25) is 0 Å². The first-order chi connectivity index (χ1) is 12.6. The zero-order chi connectivity index (χ0) is 18.8. The zero-order valence-corrected chi connectivity index (χ0v) is 19.4. The monoisotopic (exact) mass is 490 g/mol. The Morgan fingerprint density at radius 2 is 2.00 bits per heavy atom. The molecule has 0 bridgehead atoms. The van der Waals surface area contributed by atoms with Crippen LogP contribution in [0.1, 0.15) is 18.4 Å². The highest BCUT2D eigenvalue weighted by Gasteiger charge is 2.18. The van der Waals surface area contributed by atoms with Gasteiger partial charge < -0.3 is 24.6 Å². The average Bonchev–Trinajstić information content (AvgIpc) is 3.13. The Hall–Kier alpha value is -1.06. The maximum atomic E-state index is 5.78. The Balaban J connectivity index is 0.00000364. The minimum Gasteiger partial charge on any atom is -0.494 e. The lowest BCUT2D eigenvalue weighted by atomic mass is 10.1. The fourth-order valence-corrected chi connectivity index (χ4v) is 3.04. The lowest BCUT2D eigenvalue weighted by Gasteiger charge is -2.24. The van der Waals surface area contributed by atoms with Crippen molar-refractivity contribution < 1.29 is 9.47 Å². The molecule has 1 unspecified atom stereocenters. The van der Waals surface area contributed by atoms with Gasteiger partial charge in [0.2, 0.25) is 0 Å². The maximum Gasteiger partial charge on any atom is 0.193 e. The number of aliphatic imine (C=N–C) groups is 1. The number of nitrogens with zero attached hydrogens (tertiary/aromatic N) is 3. The number of hydrogen-bond donors (Lipinski definition) is 1. The van der Waals surface area contributed by atoms with E-state index in [1.165, 1.54) is 5.56 Å². The van der Waals surface area contributed by atoms with Crippen molar-refractivity contribution in [2.45, 2.75) is 19.4 Å². The van der Waals surface area contributed by atoms with Crippen molar-refractivity contribution >= 4 is 29.9 Å². The summed E-state index contributed by atoms with van der Waals surface area (Å²) >= 11 is 0. The molecule has 1 aliphatic rings. The summed E-state index contributed by atoms with van der Waals surface area (Å²) in [6.07, 6.45) is 2.17. The SMILES string of the molecule is CN=C(NCc1ccc(OCCCN(C)C)cc1)N(C)CC1CCOC1.I. The van der Waals surface area contributed by atoms with Gasteiger partial charge in [0.15, 0.2) is 5.96 Å². The van der Waals surface area contributed by atoms with Gasteiger partial charge in [-0.25, -0.2) is 0 Å². The van der Waals surface area contributed by atoms with Crippen LogP contribution in [0.25, 0.3) is 0 Å². The highest BCUT2D eigenvalue weighted by Crippen LogP contribution is 2.14. The average molecular weight is 490 g/mol. The van der Waals surface area contributed by atoms with Gasteiger partial charge in [-0.05, 0) is 44.6 Å². The van der Waals surface area contributed by atoms with Crippen LogP contribution in [-0.4, -0.2) is 76.9 Å². The molecule has 1 heterocycles. The second-order valence-corrected chi connectivity index (χ2v) is 7.16. The molecule has 1 N–H and O–H groups in total. The molecule has 0 radical (unpaired) electrons. The van der Waals surface area contributed by atoms with Crippen molar-refractivity contribution in [3.05, 3.63) is 29.8 Å². The van der Waals surface area contributed by atoms with Crippen molar-refractivity contribution in [1.29, 1.82) is 0 Å². The van der Waals surface area contributed by atoms with Crippen LogP contribution < -0.4 is 10.1 Å². The molecule has 0 aliphatic carbocycles. The molecule has 0 amide bonds. The largest absolute Gasteiger partial charge is 0.494 e. The number of guanidine groups is 1. The molecule has 1 fully saturated rings. The lowest BCUT2D eigenvalue weighted by Crippen LogP contribution is -2.41. The summed E-state index contributed by atoms with van der Waals surface area (Å²) in [6, 6.07) is 8.28. The number of benzene rings is 1. The van der Waals surface area contributed by atoms with Gasteiger partial charge in [-0.3, -0.25) is 4.99 Å². The Bertz CT molecular complexity index is 545. The van der Waals surface area contributed by atoms with E-state index in [0.29, 0.717) is 5.92 Å². The lowest BCUT2D eigenvalue weighted by molar-refractivity contribution is 0.181. The molecule has 0 spiro atoms. The van der Waals surface area contributed by atoms with Gasteiger partial charge in [0, 0.05) is 46.3 Å². The van der Waals surface area contributed by atoms with Crippen LogP contribution in [-0.2, 0) is 11.3 Å². The number of rotatable bonds is 9. The van der Waals surface area contributed by atoms with Crippen LogP contribution >= 0.6 is 24.0 Å². The highest BCUT2D eigenvalue weighted by molar-refractivity contribution is 14.0. The van der Waals surface area contributed by atoms with E-state index in [4.69, 9.17) is 9.47 Å². The highest BCUT2D eigenvalue weighted by atomic mass is 127. The first-order valence-electron chi connectivity index (χ1n) is 9.44. The molecule has 154 valence electrons. The predicted molar refractivity (Wildman–Crippen MR) is 122 cm³/mol. The Kier molecular flexibility index (Phi) is 11.7. The van der Waals surface area contributed by atoms with E-state index in [0.717, 1.165) is 64.0 Å². The summed E-state index contributed by atoms with van der Waals surface area (Å²) in [7, 11) is 8.07. The van der Waals surface area contributed by atoms with E-state index in [2.05, 4.69) is 53.4 Å². The van der Waals surface area contributed by atoms with Crippen molar-refractivity contribution in [1.82, 2.24) is 15.1 Å². The molecule has 1 aromatic carbocycles. The minimum absolute atomic E-state index is 0. The maximum absolute atomic E-state index is 5.78. The van der Waals surface area contributed by atoms with Crippen molar-refractivity contribution in [2.24, 2.45) is 10.9 Å². The first-order valence-corrected chi connectivity index (χ1v) is 9.44. The molecule has 1 saturated heterocycles.